The van der Waals surface area contributed by atoms with Crippen LogP contribution < -0.4 is 0 Å². The quantitative estimate of drug-likeness (QED) is 0.544. The van der Waals surface area contributed by atoms with E-state index in [1.807, 2.05) is 0 Å². The van der Waals surface area contributed by atoms with E-state index in [2.05, 4.69) is 0 Å². The molecule has 10 heavy (non-hydrogen) atoms. The summed E-state index contributed by atoms with van der Waals surface area (Å²) >= 11 is 0. The average Bonchev–Trinajstić information content (AvgIpc) is 1.82. The first-order chi connectivity index (χ1) is 4.61. The number of ether oxygens (including phenoxy) is 1. The van der Waals surface area contributed by atoms with E-state index >= 15 is 0 Å². The van der Waals surface area contributed by atoms with E-state index in [1.165, 1.54) is 6.08 Å². The zero-order valence-electron chi connectivity index (χ0n) is 6.00. The number of Topliss-reactive ketones (excluding diaryl/α,β-unsaturated/α-hetero) is 1. The van der Waals surface area contributed by atoms with E-state index in [9.17, 15) is 4.79 Å². The molecule has 0 saturated heterocycles. The summed E-state index contributed by atoms with van der Waals surface area (Å²) in [6.45, 7) is 3.40. The summed E-state index contributed by atoms with van der Waals surface area (Å²) in [4.78, 5) is 10.8. The van der Waals surface area contributed by atoms with Crippen molar-refractivity contribution in [1.82, 2.24) is 0 Å². The molecule has 0 aromatic carbocycles. The Labute approximate surface area is 59.3 Å². The third-order valence-corrected chi connectivity index (χ3v) is 1.43. The van der Waals surface area contributed by atoms with Crippen molar-refractivity contribution < 1.29 is 14.6 Å². The van der Waals surface area contributed by atoms with Gasteiger partial charge in [0.1, 0.15) is 6.10 Å². The predicted octanol–water partition coefficient (Wildman–Crippen LogP) is 0.805. The maximum atomic E-state index is 10.8. The smallest absolute Gasteiger partial charge is 0.225 e. The Balaban J connectivity index is 2.81. The summed E-state index contributed by atoms with van der Waals surface area (Å²) in [6.07, 6.45) is 0.746. The van der Waals surface area contributed by atoms with Gasteiger partial charge in [-0.1, -0.05) is 0 Å². The monoisotopic (exact) mass is 142 g/mol. The molecule has 1 aliphatic rings. The molecule has 0 radical (unpaired) electrons. The zero-order valence-corrected chi connectivity index (χ0v) is 6.00. The Hall–Kier alpha value is -0.830. The molecule has 0 aromatic heterocycles. The van der Waals surface area contributed by atoms with Crippen molar-refractivity contribution in [3.63, 3.8) is 0 Å². The van der Waals surface area contributed by atoms with Gasteiger partial charge in [0.2, 0.25) is 5.78 Å². The maximum Gasteiger partial charge on any atom is 0.225 e. The van der Waals surface area contributed by atoms with Crippen LogP contribution in [0, 0.1) is 0 Å². The van der Waals surface area contributed by atoms with E-state index < -0.39 is 6.10 Å². The van der Waals surface area contributed by atoms with Gasteiger partial charge in [0.25, 0.3) is 0 Å². The Morgan fingerprint density at radius 3 is 2.70 bits per heavy atom. The van der Waals surface area contributed by atoms with Crippen LogP contribution in [0.4, 0.5) is 0 Å². The van der Waals surface area contributed by atoms with Crippen molar-refractivity contribution in [2.24, 2.45) is 0 Å². The van der Waals surface area contributed by atoms with Gasteiger partial charge >= 0.3 is 0 Å². The molecule has 1 N–H and O–H groups in total. The first-order valence-electron chi connectivity index (χ1n) is 3.21. The number of hydrogen-bond donors (Lipinski definition) is 1. The van der Waals surface area contributed by atoms with E-state index in [0.29, 0.717) is 0 Å². The van der Waals surface area contributed by atoms with Gasteiger partial charge in [0, 0.05) is 0 Å². The van der Waals surface area contributed by atoms with Gasteiger partial charge in [-0.3, -0.25) is 4.79 Å². The Kier molecular flexibility index (Phi) is 1.76. The molecule has 2 unspecified atom stereocenters. The predicted molar refractivity (Wildman–Crippen MR) is 35.7 cm³/mol. The summed E-state index contributed by atoms with van der Waals surface area (Å²) < 4.78 is 5.08. The minimum absolute atomic E-state index is 0.160. The van der Waals surface area contributed by atoms with Gasteiger partial charge < -0.3 is 9.84 Å². The largest absolute Gasteiger partial charge is 0.504 e. The topological polar surface area (TPSA) is 46.5 Å². The van der Waals surface area contributed by atoms with Crippen LogP contribution in [0.2, 0.25) is 0 Å². The van der Waals surface area contributed by atoms with Crippen LogP contribution in [0.25, 0.3) is 0 Å². The fourth-order valence-corrected chi connectivity index (χ4v) is 0.936. The second-order valence-electron chi connectivity index (χ2n) is 2.40. The summed E-state index contributed by atoms with van der Waals surface area (Å²) in [5, 5.41) is 8.95. The number of aliphatic hydroxyl groups is 1. The van der Waals surface area contributed by atoms with Crippen LogP contribution in [-0.4, -0.2) is 23.1 Å². The van der Waals surface area contributed by atoms with Gasteiger partial charge in [-0.25, -0.2) is 0 Å². The first kappa shape index (κ1) is 7.28. The number of carbonyl (C=O) groups is 1. The van der Waals surface area contributed by atoms with E-state index in [4.69, 9.17) is 9.84 Å². The molecular weight excluding hydrogens is 132 g/mol. The van der Waals surface area contributed by atoms with Gasteiger partial charge in [0.05, 0.1) is 6.10 Å². The maximum absolute atomic E-state index is 10.8. The summed E-state index contributed by atoms with van der Waals surface area (Å²) in [7, 11) is 0. The summed E-state index contributed by atoms with van der Waals surface area (Å²) in [5.41, 5.74) is 0. The van der Waals surface area contributed by atoms with Crippen LogP contribution in [0.1, 0.15) is 13.8 Å². The fraction of sp³-hybridized carbons (Fsp3) is 0.571. The standard InChI is InChI=1S/C7H10O3/c1-4-3-6(8)7(9)5(2)10-4/h3-5,8H,1-2H3. The fourth-order valence-electron chi connectivity index (χ4n) is 0.936. The molecule has 3 nitrogen and oxygen atoms in total. The van der Waals surface area contributed by atoms with Crippen LogP contribution in [0.5, 0.6) is 0 Å². The zero-order chi connectivity index (χ0) is 7.72. The molecule has 0 spiro atoms. The highest BCUT2D eigenvalue weighted by Gasteiger charge is 2.24. The molecule has 0 aliphatic carbocycles. The molecule has 0 amide bonds. The van der Waals surface area contributed by atoms with Crippen LogP contribution in [0.3, 0.4) is 0 Å². The summed E-state index contributed by atoms with van der Waals surface area (Å²) in [5.74, 6) is -0.510. The van der Waals surface area contributed by atoms with E-state index in [0.717, 1.165) is 0 Å². The molecule has 1 rings (SSSR count). The Morgan fingerprint density at radius 1 is 1.60 bits per heavy atom. The third-order valence-electron chi connectivity index (χ3n) is 1.43. The van der Waals surface area contributed by atoms with Gasteiger partial charge in [0.15, 0.2) is 5.76 Å². The van der Waals surface area contributed by atoms with Crippen LogP contribution >= 0.6 is 0 Å². The van der Waals surface area contributed by atoms with Crippen molar-refractivity contribution in [2.75, 3.05) is 0 Å². The Morgan fingerprint density at radius 2 is 2.20 bits per heavy atom. The number of aliphatic hydroxyl groups excluding tert-OH is 1. The second-order valence-corrected chi connectivity index (χ2v) is 2.40. The molecule has 0 fully saturated rings. The van der Waals surface area contributed by atoms with Crippen molar-refractivity contribution in [3.8, 4) is 0 Å². The molecule has 0 saturated carbocycles. The third kappa shape index (κ3) is 1.19. The van der Waals surface area contributed by atoms with E-state index in [-0.39, 0.29) is 17.6 Å². The highest BCUT2D eigenvalue weighted by Crippen LogP contribution is 2.12. The minimum Gasteiger partial charge on any atom is -0.504 e. The molecule has 2 atom stereocenters. The van der Waals surface area contributed by atoms with Crippen molar-refractivity contribution in [2.45, 2.75) is 26.1 Å². The lowest BCUT2D eigenvalue weighted by atomic mass is 10.1. The lowest BCUT2D eigenvalue weighted by molar-refractivity contribution is -0.132. The molecule has 1 heterocycles. The molecule has 3 heteroatoms. The highest BCUT2D eigenvalue weighted by molar-refractivity contribution is 5.97. The van der Waals surface area contributed by atoms with Gasteiger partial charge in [-0.15, -0.1) is 0 Å². The lowest BCUT2D eigenvalue weighted by Gasteiger charge is -2.20. The second kappa shape index (κ2) is 2.42. The number of carbonyl (C=O) groups excluding carboxylic acids is 1. The SMILES string of the molecule is CC1C=C(O)C(=O)C(C)O1. The Bertz CT molecular complexity index is 183. The van der Waals surface area contributed by atoms with Gasteiger partial charge in [-0.05, 0) is 19.9 Å². The number of ketones is 1. The number of rotatable bonds is 0. The van der Waals surface area contributed by atoms with Gasteiger partial charge in [-0.2, -0.15) is 0 Å². The van der Waals surface area contributed by atoms with Crippen molar-refractivity contribution >= 4 is 5.78 Å². The highest BCUT2D eigenvalue weighted by atomic mass is 16.5. The molecular formula is C7H10O3. The van der Waals surface area contributed by atoms with Crippen LogP contribution in [0.15, 0.2) is 11.8 Å². The number of hydrogen-bond acceptors (Lipinski definition) is 3. The average molecular weight is 142 g/mol. The van der Waals surface area contributed by atoms with Crippen LogP contribution in [-0.2, 0) is 9.53 Å². The lowest BCUT2D eigenvalue weighted by Crippen LogP contribution is -2.31. The van der Waals surface area contributed by atoms with E-state index in [1.54, 1.807) is 13.8 Å². The summed E-state index contributed by atoms with van der Waals surface area (Å²) in [6, 6.07) is 0. The molecule has 0 bridgehead atoms. The molecule has 56 valence electrons. The molecule has 1 aliphatic heterocycles. The van der Waals surface area contributed by atoms with Crippen molar-refractivity contribution in [1.29, 1.82) is 0 Å². The normalized spacial score (nSPS) is 33.8. The minimum atomic E-state index is -0.500. The molecule has 0 aromatic rings. The van der Waals surface area contributed by atoms with Crippen molar-refractivity contribution in [3.05, 3.63) is 11.8 Å². The first-order valence-corrected chi connectivity index (χ1v) is 3.21.